The predicted molar refractivity (Wildman–Crippen MR) is 182 cm³/mol. The number of aromatic nitrogens is 2. The van der Waals surface area contributed by atoms with Gasteiger partial charge in [-0.3, -0.25) is 19.3 Å². The van der Waals surface area contributed by atoms with Crippen molar-refractivity contribution in [1.29, 1.82) is 0 Å². The number of hydrogen-bond acceptors (Lipinski definition) is 8. The molecule has 46 heavy (non-hydrogen) atoms. The highest BCUT2D eigenvalue weighted by Gasteiger charge is 2.33. The summed E-state index contributed by atoms with van der Waals surface area (Å²) >= 11 is 1.59. The van der Waals surface area contributed by atoms with Crippen molar-refractivity contribution >= 4 is 40.3 Å². The predicted octanol–water partition coefficient (Wildman–Crippen LogP) is 5.15. The van der Waals surface area contributed by atoms with Crippen LogP contribution in [0.3, 0.4) is 0 Å². The van der Waals surface area contributed by atoms with Crippen molar-refractivity contribution in [2.45, 2.75) is 38.6 Å². The summed E-state index contributed by atoms with van der Waals surface area (Å²) < 4.78 is 6.68. The number of thiophene rings is 1. The number of nitrogens with zero attached hydrogens (tertiary/aromatic N) is 4. The molecule has 1 fully saturated rings. The third-order valence-electron chi connectivity index (χ3n) is 8.91. The Bertz CT molecular complexity index is 1790. The number of hydrogen-bond donors (Lipinski definition) is 2. The normalized spacial score (nSPS) is 16.7. The Hall–Kier alpha value is -4.32. The van der Waals surface area contributed by atoms with E-state index in [-0.39, 0.29) is 29.2 Å². The van der Waals surface area contributed by atoms with Crippen LogP contribution in [0.2, 0.25) is 0 Å². The fraction of sp³-hybridized carbons (Fsp3) is 0.371. The van der Waals surface area contributed by atoms with Gasteiger partial charge in [-0.2, -0.15) is 0 Å². The number of anilines is 3. The Kier molecular flexibility index (Phi) is 9.34. The van der Waals surface area contributed by atoms with Crippen molar-refractivity contribution in [3.8, 4) is 11.3 Å². The Balaban J connectivity index is 1.21. The van der Waals surface area contributed by atoms with E-state index < -0.39 is 0 Å². The summed E-state index contributed by atoms with van der Waals surface area (Å²) in [5.74, 6) is 0.128. The van der Waals surface area contributed by atoms with Gasteiger partial charge >= 0.3 is 0 Å². The standard InChI is InChI=1S/C35H40N6O4S/c1-22-26(9-7-10-27(22)38-33(42)30-20-24-8-5-6-11-29(24)46-30)28-21-40(3)35(44)32(37-28)36-25-14-12-23(13-15-25)31-34(43)41(18-19-45-4)17-16-39(31)2/h7,9-10,12-15,20-21,31H,5-6,8,11,16-19H2,1-4H3,(H,36,37)(H,38,42)/t31-/m1/s1. The van der Waals surface area contributed by atoms with Gasteiger partial charge in [0, 0.05) is 61.8 Å². The Labute approximate surface area is 273 Å². The van der Waals surface area contributed by atoms with E-state index in [9.17, 15) is 14.4 Å². The first kappa shape index (κ1) is 31.7. The summed E-state index contributed by atoms with van der Waals surface area (Å²) in [5.41, 5.74) is 5.58. The number of rotatable bonds is 9. The van der Waals surface area contributed by atoms with Crippen LogP contribution in [0.15, 0.2) is 59.5 Å². The van der Waals surface area contributed by atoms with Crippen molar-refractivity contribution in [2.24, 2.45) is 7.05 Å². The molecule has 1 saturated heterocycles. The highest BCUT2D eigenvalue weighted by atomic mass is 32.1. The molecule has 0 unspecified atom stereocenters. The zero-order chi connectivity index (χ0) is 32.4. The van der Waals surface area contributed by atoms with Crippen molar-refractivity contribution in [3.63, 3.8) is 0 Å². The molecule has 1 atom stereocenters. The number of carbonyl (C=O) groups excluding carboxylic acids is 2. The molecule has 1 aliphatic carbocycles. The van der Waals surface area contributed by atoms with Crippen LogP contribution in [0, 0.1) is 6.92 Å². The fourth-order valence-corrected chi connectivity index (χ4v) is 7.39. The lowest BCUT2D eigenvalue weighted by atomic mass is 9.99. The first-order valence-electron chi connectivity index (χ1n) is 15.7. The molecule has 2 aromatic heterocycles. The second kappa shape index (κ2) is 13.6. The van der Waals surface area contributed by atoms with Gasteiger partial charge in [-0.25, -0.2) is 4.98 Å². The van der Waals surface area contributed by atoms with Gasteiger partial charge in [-0.15, -0.1) is 11.3 Å². The molecule has 0 spiro atoms. The van der Waals surface area contributed by atoms with Crippen molar-refractivity contribution < 1.29 is 14.3 Å². The van der Waals surface area contributed by atoms with Crippen LogP contribution in [0.25, 0.3) is 11.3 Å². The number of likely N-dealkylation sites (N-methyl/N-ethyl adjacent to an activating group) is 1. The molecule has 0 radical (unpaired) electrons. The van der Waals surface area contributed by atoms with E-state index in [2.05, 4.69) is 15.5 Å². The number of nitrogens with one attached hydrogen (secondary N) is 2. The van der Waals surface area contributed by atoms with Crippen LogP contribution in [-0.2, 0) is 29.4 Å². The molecule has 2 amide bonds. The molecule has 0 saturated carbocycles. The Morgan fingerprint density at radius 2 is 1.85 bits per heavy atom. The minimum absolute atomic E-state index is 0.0537. The third-order valence-corrected chi connectivity index (χ3v) is 10.1. The number of ether oxygens (including phenoxy) is 1. The van der Waals surface area contributed by atoms with Crippen LogP contribution < -0.4 is 16.2 Å². The minimum Gasteiger partial charge on any atom is -0.383 e. The lowest BCUT2D eigenvalue weighted by Crippen LogP contribution is -2.51. The van der Waals surface area contributed by atoms with Crippen molar-refractivity contribution in [2.75, 3.05) is 51.0 Å². The maximum absolute atomic E-state index is 13.2. The van der Waals surface area contributed by atoms with Gasteiger partial charge in [0.1, 0.15) is 6.04 Å². The van der Waals surface area contributed by atoms with E-state index in [1.807, 2.05) is 67.4 Å². The van der Waals surface area contributed by atoms with E-state index in [1.54, 1.807) is 31.7 Å². The van der Waals surface area contributed by atoms with Crippen molar-refractivity contribution in [1.82, 2.24) is 19.4 Å². The second-order valence-electron chi connectivity index (χ2n) is 12.0. The fourth-order valence-electron chi connectivity index (χ4n) is 6.24. The molecule has 4 aromatic rings. The largest absolute Gasteiger partial charge is 0.383 e. The molecule has 10 nitrogen and oxygen atoms in total. The van der Waals surface area contributed by atoms with E-state index in [0.29, 0.717) is 36.8 Å². The molecule has 240 valence electrons. The molecule has 1 aliphatic heterocycles. The molecule has 0 bridgehead atoms. The zero-order valence-electron chi connectivity index (χ0n) is 26.8. The summed E-state index contributed by atoms with van der Waals surface area (Å²) in [6.45, 7) is 4.46. The van der Waals surface area contributed by atoms with Gasteiger partial charge < -0.3 is 24.8 Å². The number of aryl methyl sites for hydroxylation is 3. The van der Waals surface area contributed by atoms with Gasteiger partial charge in [-0.05, 0) is 80.6 Å². The van der Waals surface area contributed by atoms with E-state index in [1.165, 1.54) is 27.8 Å². The summed E-state index contributed by atoms with van der Waals surface area (Å²) in [7, 11) is 5.29. The SMILES string of the molecule is COCCN1CCN(C)[C@H](c2ccc(Nc3nc(-c4cccc(NC(=O)c5cc6c(s5)CCCC6)c4C)cn(C)c3=O)cc2)C1=O. The highest BCUT2D eigenvalue weighted by Crippen LogP contribution is 2.32. The molecule has 11 heteroatoms. The van der Waals surface area contributed by atoms with Gasteiger partial charge in [0.25, 0.3) is 11.5 Å². The lowest BCUT2D eigenvalue weighted by molar-refractivity contribution is -0.141. The quantitative estimate of drug-likeness (QED) is 0.260. The Morgan fingerprint density at radius 1 is 1.07 bits per heavy atom. The summed E-state index contributed by atoms with van der Waals surface area (Å²) in [4.78, 5) is 50.3. The highest BCUT2D eigenvalue weighted by molar-refractivity contribution is 7.14. The molecule has 2 N–H and O–H groups in total. The van der Waals surface area contributed by atoms with Crippen LogP contribution in [-0.4, -0.2) is 71.6 Å². The molecular formula is C35H40N6O4S. The van der Waals surface area contributed by atoms with Crippen LogP contribution in [0.4, 0.5) is 17.2 Å². The minimum atomic E-state index is -0.380. The lowest BCUT2D eigenvalue weighted by Gasteiger charge is -2.38. The molecule has 2 aliphatic rings. The van der Waals surface area contributed by atoms with E-state index in [4.69, 9.17) is 9.72 Å². The van der Waals surface area contributed by atoms with Crippen molar-refractivity contribution in [3.05, 3.63) is 91.5 Å². The number of carbonyl (C=O) groups is 2. The molecule has 2 aromatic carbocycles. The molecule has 3 heterocycles. The first-order chi connectivity index (χ1) is 22.2. The number of piperazine rings is 1. The smallest absolute Gasteiger partial charge is 0.293 e. The number of fused-ring (bicyclic) bond motifs is 1. The average molecular weight is 641 g/mol. The summed E-state index contributed by atoms with van der Waals surface area (Å²) in [5, 5.41) is 6.29. The van der Waals surface area contributed by atoms with Gasteiger partial charge in [-0.1, -0.05) is 24.3 Å². The maximum atomic E-state index is 13.2. The van der Waals surface area contributed by atoms with Gasteiger partial charge in [0.15, 0.2) is 5.82 Å². The molecular weight excluding hydrogens is 600 g/mol. The number of amides is 2. The zero-order valence-corrected chi connectivity index (χ0v) is 27.6. The van der Waals surface area contributed by atoms with Gasteiger partial charge in [0.2, 0.25) is 5.91 Å². The Morgan fingerprint density at radius 3 is 2.61 bits per heavy atom. The average Bonchev–Trinajstić information content (AvgIpc) is 3.49. The van der Waals surface area contributed by atoms with Crippen LogP contribution in [0.5, 0.6) is 0 Å². The number of methoxy groups -OCH3 is 1. The summed E-state index contributed by atoms with van der Waals surface area (Å²) in [6.07, 6.45) is 6.15. The van der Waals surface area contributed by atoms with Gasteiger partial charge in [0.05, 0.1) is 17.2 Å². The van der Waals surface area contributed by atoms with E-state index in [0.717, 1.165) is 41.0 Å². The van der Waals surface area contributed by atoms with Crippen LogP contribution >= 0.6 is 11.3 Å². The second-order valence-corrected chi connectivity index (χ2v) is 13.2. The molecule has 6 rings (SSSR count). The summed E-state index contributed by atoms with van der Waals surface area (Å²) in [6, 6.07) is 14.9. The monoisotopic (exact) mass is 640 g/mol. The number of benzene rings is 2. The third kappa shape index (κ3) is 6.48. The maximum Gasteiger partial charge on any atom is 0.293 e. The topological polar surface area (TPSA) is 109 Å². The van der Waals surface area contributed by atoms with E-state index >= 15 is 0 Å². The van der Waals surface area contributed by atoms with Crippen LogP contribution in [0.1, 0.15) is 50.1 Å². The first-order valence-corrected chi connectivity index (χ1v) is 16.5.